The van der Waals surface area contributed by atoms with Crippen molar-refractivity contribution in [2.45, 2.75) is 65.0 Å². The van der Waals surface area contributed by atoms with E-state index in [-0.39, 0.29) is 18.2 Å². The number of aromatic nitrogens is 2. The van der Waals surface area contributed by atoms with Crippen LogP contribution in [0.2, 0.25) is 0 Å². The van der Waals surface area contributed by atoms with Crippen LogP contribution in [0.1, 0.15) is 41.5 Å². The molecule has 2 rings (SSSR count). The Labute approximate surface area is 151 Å². The van der Waals surface area contributed by atoms with Gasteiger partial charge in [0.15, 0.2) is 0 Å². The lowest BCUT2D eigenvalue weighted by Crippen LogP contribution is -2.52. The van der Waals surface area contributed by atoms with Crippen molar-refractivity contribution in [3.63, 3.8) is 0 Å². The van der Waals surface area contributed by atoms with E-state index in [0.717, 1.165) is 4.47 Å². The Morgan fingerprint density at radius 2 is 2.00 bits per heavy atom. The van der Waals surface area contributed by atoms with E-state index < -0.39 is 11.3 Å². The van der Waals surface area contributed by atoms with Crippen molar-refractivity contribution in [1.82, 2.24) is 14.9 Å². The van der Waals surface area contributed by atoms with Crippen LogP contribution in [0.4, 0.5) is 10.7 Å². The Hall–Kier alpha value is -1.41. The van der Waals surface area contributed by atoms with Crippen molar-refractivity contribution in [1.29, 1.82) is 0 Å². The molecule has 7 nitrogen and oxygen atoms in total. The van der Waals surface area contributed by atoms with Crippen molar-refractivity contribution >= 4 is 28.0 Å². The smallest absolute Gasteiger partial charge is 0.412 e. The number of ether oxygens (including phenoxy) is 2. The number of hydrogen-bond acceptors (Lipinski definition) is 6. The largest absolute Gasteiger partial charge is 0.444 e. The first kappa shape index (κ1) is 18.9. The predicted octanol–water partition coefficient (Wildman–Crippen LogP) is 3.41. The summed E-state index contributed by atoms with van der Waals surface area (Å²) in [5.74, 6) is 0.499. The maximum Gasteiger partial charge on any atom is 0.412 e. The quantitative estimate of drug-likeness (QED) is 0.837. The monoisotopic (exact) mass is 400 g/mol. The number of hydrogen-bond donors (Lipinski definition) is 1. The second-order valence-electron chi connectivity index (χ2n) is 7.29. The number of amides is 1. The van der Waals surface area contributed by atoms with E-state index in [9.17, 15) is 4.79 Å². The molecule has 1 aliphatic heterocycles. The summed E-state index contributed by atoms with van der Waals surface area (Å²) in [4.78, 5) is 22.7. The zero-order chi connectivity index (χ0) is 18.1. The fraction of sp³-hybridized carbons (Fsp3) is 0.688. The summed E-state index contributed by atoms with van der Waals surface area (Å²) in [6.07, 6.45) is 2.80. The molecule has 1 saturated heterocycles. The third-order valence-corrected chi connectivity index (χ3v) is 4.02. The minimum Gasteiger partial charge on any atom is -0.444 e. The fourth-order valence-corrected chi connectivity index (χ4v) is 2.93. The van der Waals surface area contributed by atoms with Gasteiger partial charge >= 0.3 is 6.09 Å². The zero-order valence-corrected chi connectivity index (χ0v) is 16.5. The molecule has 8 heteroatoms. The standard InChI is InChI=1S/C16H25BrN4O3/c1-10-12(9-20-13-18-7-11(17)8-19-13)21(16(5,6)23-10)14(22)24-15(2,3)4/h7-8,10,12H,9H2,1-6H3,(H,18,19,20)/t10-,12-/m1/s1. The molecule has 134 valence electrons. The molecule has 1 amide bonds. The Balaban J connectivity index is 2.12. The minimum atomic E-state index is -0.741. The van der Waals surface area contributed by atoms with Gasteiger partial charge in [0.05, 0.1) is 16.6 Å². The molecule has 1 aromatic rings. The van der Waals surface area contributed by atoms with Crippen LogP contribution in [0.5, 0.6) is 0 Å². The van der Waals surface area contributed by atoms with Crippen LogP contribution >= 0.6 is 15.9 Å². The molecule has 0 spiro atoms. The summed E-state index contributed by atoms with van der Waals surface area (Å²) in [7, 11) is 0. The molecule has 0 radical (unpaired) electrons. The fourth-order valence-electron chi connectivity index (χ4n) is 2.72. The molecule has 1 N–H and O–H groups in total. The molecule has 24 heavy (non-hydrogen) atoms. The Morgan fingerprint density at radius 3 is 2.54 bits per heavy atom. The van der Waals surface area contributed by atoms with E-state index >= 15 is 0 Å². The lowest BCUT2D eigenvalue weighted by Gasteiger charge is -2.35. The first-order valence-electron chi connectivity index (χ1n) is 7.91. The van der Waals surface area contributed by atoms with Crippen molar-refractivity contribution in [3.8, 4) is 0 Å². The van der Waals surface area contributed by atoms with Gasteiger partial charge in [-0.05, 0) is 57.5 Å². The van der Waals surface area contributed by atoms with Gasteiger partial charge in [-0.25, -0.2) is 14.8 Å². The Morgan fingerprint density at radius 1 is 1.42 bits per heavy atom. The van der Waals surface area contributed by atoms with Crippen LogP contribution < -0.4 is 5.32 Å². The highest BCUT2D eigenvalue weighted by Gasteiger charge is 2.49. The number of carbonyl (C=O) groups is 1. The van der Waals surface area contributed by atoms with Gasteiger partial charge in [-0.15, -0.1) is 0 Å². The van der Waals surface area contributed by atoms with E-state index in [1.165, 1.54) is 0 Å². The van der Waals surface area contributed by atoms with Crippen LogP contribution in [0.15, 0.2) is 16.9 Å². The normalized spacial score (nSPS) is 23.2. The molecule has 0 aromatic carbocycles. The van der Waals surface area contributed by atoms with Gasteiger partial charge in [-0.2, -0.15) is 0 Å². The van der Waals surface area contributed by atoms with Crippen molar-refractivity contribution in [2.24, 2.45) is 0 Å². The lowest BCUT2D eigenvalue weighted by molar-refractivity contribution is -0.0755. The number of anilines is 1. The molecular weight excluding hydrogens is 376 g/mol. The van der Waals surface area contributed by atoms with Gasteiger partial charge in [0.2, 0.25) is 5.95 Å². The third kappa shape index (κ3) is 4.57. The van der Waals surface area contributed by atoms with Crippen LogP contribution in [-0.4, -0.2) is 51.0 Å². The van der Waals surface area contributed by atoms with Crippen LogP contribution in [0.3, 0.4) is 0 Å². The van der Waals surface area contributed by atoms with Crippen LogP contribution in [-0.2, 0) is 9.47 Å². The summed E-state index contributed by atoms with van der Waals surface area (Å²) >= 11 is 3.30. The molecule has 1 fully saturated rings. The summed E-state index contributed by atoms with van der Waals surface area (Å²) in [6, 6.07) is -0.193. The molecular formula is C16H25BrN4O3. The number of nitrogens with one attached hydrogen (secondary N) is 1. The van der Waals surface area contributed by atoms with Gasteiger partial charge in [0.1, 0.15) is 11.3 Å². The average molecular weight is 401 g/mol. The van der Waals surface area contributed by atoms with Gasteiger partial charge < -0.3 is 14.8 Å². The maximum atomic E-state index is 12.6. The third-order valence-electron chi connectivity index (χ3n) is 3.61. The van der Waals surface area contributed by atoms with Crippen LogP contribution in [0.25, 0.3) is 0 Å². The van der Waals surface area contributed by atoms with Gasteiger partial charge in [0, 0.05) is 18.9 Å². The highest BCUT2D eigenvalue weighted by Crippen LogP contribution is 2.33. The SMILES string of the molecule is C[C@H]1OC(C)(C)N(C(=O)OC(C)(C)C)[C@@H]1CNc1ncc(Br)cn1. The van der Waals surface area contributed by atoms with E-state index in [2.05, 4.69) is 31.2 Å². The molecule has 1 aliphatic rings. The van der Waals surface area contributed by atoms with Crippen LogP contribution in [0, 0.1) is 0 Å². The summed E-state index contributed by atoms with van der Waals surface area (Å²) in [5.41, 5.74) is -1.31. The molecule has 0 aliphatic carbocycles. The predicted molar refractivity (Wildman–Crippen MR) is 94.7 cm³/mol. The highest BCUT2D eigenvalue weighted by atomic mass is 79.9. The zero-order valence-electron chi connectivity index (χ0n) is 15.0. The van der Waals surface area contributed by atoms with Crippen molar-refractivity contribution in [3.05, 3.63) is 16.9 Å². The molecule has 0 saturated carbocycles. The molecule has 0 bridgehead atoms. The minimum absolute atomic E-state index is 0.143. The molecule has 2 heterocycles. The number of rotatable bonds is 3. The number of carbonyl (C=O) groups excluding carboxylic acids is 1. The first-order valence-corrected chi connectivity index (χ1v) is 8.70. The Bertz CT molecular complexity index is 586. The van der Waals surface area contributed by atoms with Crippen molar-refractivity contribution in [2.75, 3.05) is 11.9 Å². The summed E-state index contributed by atoms with van der Waals surface area (Å²) in [6.45, 7) is 11.7. The molecule has 2 atom stereocenters. The second kappa shape index (κ2) is 6.84. The van der Waals surface area contributed by atoms with Gasteiger partial charge in [0.25, 0.3) is 0 Å². The molecule has 1 aromatic heterocycles. The number of halogens is 1. The van der Waals surface area contributed by atoms with E-state index in [1.54, 1.807) is 17.3 Å². The maximum absolute atomic E-state index is 12.6. The van der Waals surface area contributed by atoms with Gasteiger partial charge in [-0.1, -0.05) is 0 Å². The van der Waals surface area contributed by atoms with E-state index in [4.69, 9.17) is 9.47 Å². The molecule has 0 unspecified atom stereocenters. The van der Waals surface area contributed by atoms with Crippen molar-refractivity contribution < 1.29 is 14.3 Å². The van der Waals surface area contributed by atoms with E-state index in [1.807, 2.05) is 41.5 Å². The average Bonchev–Trinajstić information content (AvgIpc) is 2.65. The highest BCUT2D eigenvalue weighted by molar-refractivity contribution is 9.10. The first-order chi connectivity index (χ1) is 11.0. The van der Waals surface area contributed by atoms with Gasteiger partial charge in [-0.3, -0.25) is 4.90 Å². The lowest BCUT2D eigenvalue weighted by atomic mass is 10.1. The summed E-state index contributed by atoms with van der Waals surface area (Å²) in [5, 5.41) is 3.16. The topological polar surface area (TPSA) is 76.6 Å². The Kier molecular flexibility index (Phi) is 5.39. The van der Waals surface area contributed by atoms with E-state index in [0.29, 0.717) is 12.5 Å². The number of nitrogens with zero attached hydrogens (tertiary/aromatic N) is 3. The second-order valence-corrected chi connectivity index (χ2v) is 8.21. The summed E-state index contributed by atoms with van der Waals surface area (Å²) < 4.78 is 12.3.